The fourth-order valence-electron chi connectivity index (χ4n) is 2.37. The number of nitrogens with one attached hydrogen (secondary N) is 2. The molecule has 1 saturated heterocycles. The van der Waals surface area contributed by atoms with Gasteiger partial charge in [-0.05, 0) is 57.8 Å². The van der Waals surface area contributed by atoms with E-state index in [0.29, 0.717) is 6.04 Å². The van der Waals surface area contributed by atoms with Gasteiger partial charge in [0, 0.05) is 36.1 Å². The molecule has 0 radical (unpaired) electrons. The van der Waals surface area contributed by atoms with Gasteiger partial charge >= 0.3 is 0 Å². The number of nitrogens with zero attached hydrogens (tertiary/aromatic N) is 1. The van der Waals surface area contributed by atoms with Crippen LogP contribution in [0, 0.1) is 0 Å². The summed E-state index contributed by atoms with van der Waals surface area (Å²) in [5.74, 6) is 0.948. The van der Waals surface area contributed by atoms with Crippen molar-refractivity contribution in [1.82, 2.24) is 10.0 Å². The van der Waals surface area contributed by atoms with Crippen LogP contribution in [0.1, 0.15) is 27.7 Å². The van der Waals surface area contributed by atoms with Crippen molar-refractivity contribution in [3.05, 3.63) is 18.2 Å². The van der Waals surface area contributed by atoms with Crippen molar-refractivity contribution in [3.8, 4) is 5.75 Å². The molecule has 118 valence electrons. The van der Waals surface area contributed by atoms with Crippen molar-refractivity contribution in [2.24, 2.45) is 0 Å². The quantitative estimate of drug-likeness (QED) is 0.837. The summed E-state index contributed by atoms with van der Waals surface area (Å²) in [6.07, 6.45) is 0. The lowest BCUT2D eigenvalue weighted by Crippen LogP contribution is -2.50. The van der Waals surface area contributed by atoms with Crippen LogP contribution in [0.25, 0.3) is 0 Å². The monoisotopic (exact) mass is 309 g/mol. The minimum absolute atomic E-state index is 0.0904. The molecular formula is C16H27N3OS. The molecule has 5 heteroatoms. The Kier molecular flexibility index (Phi) is 5.41. The summed E-state index contributed by atoms with van der Waals surface area (Å²) in [5, 5.41) is 3.43. The van der Waals surface area contributed by atoms with Gasteiger partial charge in [-0.3, -0.25) is 4.72 Å². The molecule has 0 bridgehead atoms. The molecule has 1 aliphatic rings. The van der Waals surface area contributed by atoms with E-state index in [9.17, 15) is 0 Å². The van der Waals surface area contributed by atoms with Gasteiger partial charge in [0.05, 0.1) is 12.8 Å². The van der Waals surface area contributed by atoms with Crippen LogP contribution in [0.15, 0.2) is 23.1 Å². The van der Waals surface area contributed by atoms with Crippen LogP contribution in [-0.4, -0.2) is 38.3 Å². The average molecular weight is 309 g/mol. The summed E-state index contributed by atoms with van der Waals surface area (Å²) in [6.45, 7) is 11.8. The van der Waals surface area contributed by atoms with Gasteiger partial charge in [-0.2, -0.15) is 0 Å². The fraction of sp³-hybridized carbons (Fsp3) is 0.625. The number of ether oxygens (including phenoxy) is 1. The first-order valence-electron chi connectivity index (χ1n) is 7.50. The number of methoxy groups -OCH3 is 1. The van der Waals surface area contributed by atoms with Gasteiger partial charge in [-0.1, -0.05) is 0 Å². The molecule has 1 heterocycles. The van der Waals surface area contributed by atoms with Gasteiger partial charge in [0.25, 0.3) is 0 Å². The van der Waals surface area contributed by atoms with E-state index < -0.39 is 0 Å². The standard InChI is InChI=1S/C16H27N3OS/c1-12-11-17-8-9-19(12)14-10-13(6-7-15(14)20-5)21-18-16(2,3)4/h6-7,10,12,17-18H,8-9,11H2,1-5H3. The van der Waals surface area contributed by atoms with E-state index in [0.717, 1.165) is 25.4 Å². The maximum atomic E-state index is 5.56. The third kappa shape index (κ3) is 4.53. The first-order chi connectivity index (χ1) is 9.90. The SMILES string of the molecule is COc1ccc(SNC(C)(C)C)cc1N1CCNCC1C. The highest BCUT2D eigenvalue weighted by atomic mass is 32.2. The van der Waals surface area contributed by atoms with Crippen LogP contribution >= 0.6 is 11.9 Å². The van der Waals surface area contributed by atoms with Crippen LogP contribution in [0.3, 0.4) is 0 Å². The number of piperazine rings is 1. The second-order valence-electron chi connectivity index (χ2n) is 6.53. The van der Waals surface area contributed by atoms with Gasteiger partial charge in [0.2, 0.25) is 0 Å². The van der Waals surface area contributed by atoms with Gasteiger partial charge in [-0.15, -0.1) is 0 Å². The van der Waals surface area contributed by atoms with Crippen molar-refractivity contribution in [2.75, 3.05) is 31.6 Å². The molecule has 21 heavy (non-hydrogen) atoms. The van der Waals surface area contributed by atoms with Crippen molar-refractivity contribution in [3.63, 3.8) is 0 Å². The van der Waals surface area contributed by atoms with E-state index >= 15 is 0 Å². The number of benzene rings is 1. The molecule has 1 aromatic carbocycles. The van der Waals surface area contributed by atoms with E-state index in [1.54, 1.807) is 19.1 Å². The predicted molar refractivity (Wildman–Crippen MR) is 91.4 cm³/mol. The molecule has 1 aromatic rings. The molecule has 2 N–H and O–H groups in total. The molecular weight excluding hydrogens is 282 g/mol. The van der Waals surface area contributed by atoms with Gasteiger partial charge in [-0.25, -0.2) is 0 Å². The zero-order chi connectivity index (χ0) is 15.5. The topological polar surface area (TPSA) is 36.5 Å². The van der Waals surface area contributed by atoms with Crippen molar-refractivity contribution in [1.29, 1.82) is 0 Å². The van der Waals surface area contributed by atoms with Crippen LogP contribution in [0.2, 0.25) is 0 Å². The number of hydrogen-bond acceptors (Lipinski definition) is 5. The first-order valence-corrected chi connectivity index (χ1v) is 8.32. The lowest BCUT2D eigenvalue weighted by atomic mass is 10.1. The Morgan fingerprint density at radius 2 is 2.14 bits per heavy atom. The molecule has 2 rings (SSSR count). The summed E-state index contributed by atoms with van der Waals surface area (Å²) in [4.78, 5) is 3.64. The smallest absolute Gasteiger partial charge is 0.142 e. The highest BCUT2D eigenvalue weighted by Gasteiger charge is 2.22. The van der Waals surface area contributed by atoms with Crippen LogP contribution in [-0.2, 0) is 0 Å². The Labute approximate surface area is 132 Å². The fourth-order valence-corrected chi connectivity index (χ4v) is 3.10. The Morgan fingerprint density at radius 1 is 1.38 bits per heavy atom. The average Bonchev–Trinajstić information content (AvgIpc) is 2.44. The van der Waals surface area contributed by atoms with E-state index in [4.69, 9.17) is 4.74 Å². The summed E-state index contributed by atoms with van der Waals surface area (Å²) >= 11 is 1.68. The van der Waals surface area contributed by atoms with Gasteiger partial charge < -0.3 is 15.0 Å². The largest absolute Gasteiger partial charge is 0.495 e. The molecule has 0 aromatic heterocycles. The zero-order valence-electron chi connectivity index (χ0n) is 13.7. The second-order valence-corrected chi connectivity index (χ2v) is 7.41. The summed E-state index contributed by atoms with van der Waals surface area (Å²) in [7, 11) is 1.74. The highest BCUT2D eigenvalue weighted by molar-refractivity contribution is 7.97. The molecule has 0 amide bonds. The van der Waals surface area contributed by atoms with Crippen LogP contribution in [0.4, 0.5) is 5.69 Å². The van der Waals surface area contributed by atoms with Gasteiger partial charge in [0.1, 0.15) is 5.75 Å². The van der Waals surface area contributed by atoms with Gasteiger partial charge in [0.15, 0.2) is 0 Å². The molecule has 1 atom stereocenters. The molecule has 1 aliphatic heterocycles. The Morgan fingerprint density at radius 3 is 2.76 bits per heavy atom. The molecule has 4 nitrogen and oxygen atoms in total. The van der Waals surface area contributed by atoms with Crippen molar-refractivity contribution in [2.45, 2.75) is 44.2 Å². The predicted octanol–water partition coefficient (Wildman–Crippen LogP) is 2.89. The third-order valence-electron chi connectivity index (χ3n) is 3.44. The number of hydrogen-bond donors (Lipinski definition) is 2. The summed E-state index contributed by atoms with van der Waals surface area (Å²) in [6, 6.07) is 6.88. The molecule has 1 unspecified atom stereocenters. The first kappa shape index (κ1) is 16.5. The van der Waals surface area contributed by atoms with Crippen molar-refractivity contribution < 1.29 is 4.74 Å². The molecule has 1 fully saturated rings. The number of anilines is 1. The number of rotatable bonds is 4. The van der Waals surface area contributed by atoms with E-state index in [1.165, 1.54) is 10.6 Å². The van der Waals surface area contributed by atoms with E-state index in [2.05, 4.69) is 60.8 Å². The summed E-state index contributed by atoms with van der Waals surface area (Å²) in [5.41, 5.74) is 1.28. The maximum Gasteiger partial charge on any atom is 0.142 e. The van der Waals surface area contributed by atoms with E-state index in [1.807, 2.05) is 0 Å². The maximum absolute atomic E-state index is 5.56. The van der Waals surface area contributed by atoms with E-state index in [-0.39, 0.29) is 5.54 Å². The lowest BCUT2D eigenvalue weighted by Gasteiger charge is -2.36. The Balaban J connectivity index is 2.21. The normalized spacial score (nSPS) is 19.7. The van der Waals surface area contributed by atoms with Crippen LogP contribution in [0.5, 0.6) is 5.75 Å². The summed E-state index contributed by atoms with van der Waals surface area (Å²) < 4.78 is 9.02. The second kappa shape index (κ2) is 6.90. The molecule has 0 saturated carbocycles. The lowest BCUT2D eigenvalue weighted by molar-refractivity contribution is 0.408. The molecule has 0 spiro atoms. The zero-order valence-corrected chi connectivity index (χ0v) is 14.5. The molecule has 0 aliphatic carbocycles. The minimum Gasteiger partial charge on any atom is -0.495 e. The highest BCUT2D eigenvalue weighted by Crippen LogP contribution is 2.34. The van der Waals surface area contributed by atoms with Crippen LogP contribution < -0.4 is 19.7 Å². The van der Waals surface area contributed by atoms with Crippen molar-refractivity contribution >= 4 is 17.6 Å². The Bertz CT molecular complexity index is 473. The Hall–Kier alpha value is -0.910. The minimum atomic E-state index is 0.0904. The third-order valence-corrected chi connectivity index (χ3v) is 4.64.